The molecule has 0 aliphatic heterocycles. The first kappa shape index (κ1) is 72.2. The minimum absolute atomic E-state index is 0.0140. The Morgan fingerprint density at radius 1 is 0.486 bits per heavy atom. The maximum absolute atomic E-state index is 12.2. The summed E-state index contributed by atoms with van der Waals surface area (Å²) in [6.45, 7) is 11.0. The number of aldehydes is 1. The third-order valence-corrected chi connectivity index (χ3v) is 9.76. The lowest BCUT2D eigenvalue weighted by Gasteiger charge is -2.14. The number of hydrogen-bond acceptors (Lipinski definition) is 15. The number of hydroxylamine groups is 1. The number of hydrogen-bond donors (Lipinski definition) is 10. The first-order valence-corrected chi connectivity index (χ1v) is 25.1. The second-order valence-corrected chi connectivity index (χ2v) is 16.2. The number of amides is 3. The molecule has 0 aromatic rings. The number of carboxylic acid groups (broad SMARTS) is 4. The normalized spacial score (nSPS) is 11.3. The minimum Gasteiger partial charge on any atom is -0.481 e. The van der Waals surface area contributed by atoms with Gasteiger partial charge in [0.05, 0.1) is 45.6 Å². The number of likely N-dealkylation sites (N-methyl/N-ethyl adjacent to an activating group) is 1. The Morgan fingerprint density at radius 2 is 0.943 bits per heavy atom. The van der Waals surface area contributed by atoms with Crippen LogP contribution in [0.5, 0.6) is 0 Å². The molecule has 22 heteroatoms. The number of unbranched alkanes of at least 4 members (excludes halogenated alkanes) is 14. The molecule has 70 heavy (non-hydrogen) atoms. The largest absolute Gasteiger partial charge is 0.481 e. The Hall–Kier alpha value is -4.32. The van der Waals surface area contributed by atoms with E-state index in [0.717, 1.165) is 45.1 Å². The first-order chi connectivity index (χ1) is 33.6. The molecular formula is C48H93N5O17. The van der Waals surface area contributed by atoms with Gasteiger partial charge in [0.2, 0.25) is 17.7 Å². The fourth-order valence-electron chi connectivity index (χ4n) is 5.74. The zero-order chi connectivity index (χ0) is 53.5. The number of carbonyl (C=O) groups is 8. The van der Waals surface area contributed by atoms with Gasteiger partial charge in [-0.2, -0.15) is 5.48 Å². The van der Waals surface area contributed by atoms with Crippen LogP contribution in [0.15, 0.2) is 0 Å². The highest BCUT2D eigenvalue weighted by Gasteiger charge is 2.21. The van der Waals surface area contributed by atoms with Crippen molar-refractivity contribution in [2.45, 2.75) is 175 Å². The molecule has 22 nitrogen and oxygen atoms in total. The van der Waals surface area contributed by atoms with Crippen LogP contribution in [0.4, 0.5) is 0 Å². The lowest BCUT2D eigenvalue weighted by Crippen LogP contribution is -2.41. The van der Waals surface area contributed by atoms with Crippen LogP contribution in [0.3, 0.4) is 0 Å². The van der Waals surface area contributed by atoms with Gasteiger partial charge in [-0.3, -0.25) is 28.8 Å². The molecule has 2 atom stereocenters. The molecule has 2 unspecified atom stereocenters. The molecule has 0 aliphatic rings. The molecule has 0 aromatic heterocycles. The van der Waals surface area contributed by atoms with Gasteiger partial charge in [-0.15, -0.1) is 0 Å². The van der Waals surface area contributed by atoms with Gasteiger partial charge in [-0.05, 0) is 45.6 Å². The van der Waals surface area contributed by atoms with Crippen molar-refractivity contribution in [1.29, 1.82) is 0 Å². The van der Waals surface area contributed by atoms with Crippen LogP contribution in [-0.4, -0.2) is 165 Å². The van der Waals surface area contributed by atoms with Crippen molar-refractivity contribution >= 4 is 47.9 Å². The van der Waals surface area contributed by atoms with E-state index >= 15 is 0 Å². The highest BCUT2D eigenvalue weighted by molar-refractivity contribution is 5.84. The lowest BCUT2D eigenvalue weighted by atomic mass is 10.0. The fraction of sp³-hybridized carbons (Fsp3) is 0.833. The number of carbonyl (C=O) groups excluding carboxylic acids is 4. The average molecular weight is 1010 g/mol. The Kier molecular flexibility index (Phi) is 59.1. The SMILES string of the molecule is CC.CC(C)C(=O)O.CNCCOCCOCC(=O)NCCCCC(NO)C(=O)O.O=CCOCCOCCNC(=O)CCC(NC(=O)CCCCCCCCCCCCCCCCC(=O)O)C(=O)O. The van der Waals surface area contributed by atoms with Crippen molar-refractivity contribution in [3.8, 4) is 0 Å². The van der Waals surface area contributed by atoms with E-state index in [1.165, 1.54) is 44.9 Å². The van der Waals surface area contributed by atoms with Gasteiger partial charge in [0.25, 0.3) is 0 Å². The van der Waals surface area contributed by atoms with Gasteiger partial charge in [0, 0.05) is 38.9 Å². The van der Waals surface area contributed by atoms with Crippen LogP contribution >= 0.6 is 0 Å². The summed E-state index contributed by atoms with van der Waals surface area (Å²) in [5.41, 5.74) is 1.73. The second-order valence-electron chi connectivity index (χ2n) is 16.2. The van der Waals surface area contributed by atoms with Gasteiger partial charge < -0.3 is 70.6 Å². The summed E-state index contributed by atoms with van der Waals surface area (Å²) in [6.07, 6.45) is 18.0. The second kappa shape index (κ2) is 57.3. The lowest BCUT2D eigenvalue weighted by molar-refractivity contribution is -0.143. The van der Waals surface area contributed by atoms with Crippen molar-refractivity contribution in [2.24, 2.45) is 5.92 Å². The van der Waals surface area contributed by atoms with Gasteiger partial charge in [0.1, 0.15) is 31.6 Å². The van der Waals surface area contributed by atoms with Gasteiger partial charge in [0.15, 0.2) is 0 Å². The van der Waals surface area contributed by atoms with E-state index in [9.17, 15) is 43.5 Å². The summed E-state index contributed by atoms with van der Waals surface area (Å²) in [6, 6.07) is -2.07. The van der Waals surface area contributed by atoms with E-state index < -0.39 is 36.0 Å². The zero-order valence-corrected chi connectivity index (χ0v) is 43.1. The number of rotatable bonds is 46. The highest BCUT2D eigenvalue weighted by atomic mass is 16.5. The predicted molar refractivity (Wildman–Crippen MR) is 264 cm³/mol. The van der Waals surface area contributed by atoms with Crippen molar-refractivity contribution in [3.63, 3.8) is 0 Å². The summed E-state index contributed by atoms with van der Waals surface area (Å²) >= 11 is 0. The first-order valence-electron chi connectivity index (χ1n) is 25.1. The molecule has 0 saturated carbocycles. The van der Waals surface area contributed by atoms with E-state index in [1.54, 1.807) is 19.3 Å². The smallest absolute Gasteiger partial charge is 0.326 e. The Labute approximate surface area is 416 Å². The van der Waals surface area contributed by atoms with Crippen LogP contribution in [0.1, 0.15) is 163 Å². The summed E-state index contributed by atoms with van der Waals surface area (Å²) in [5.74, 6) is -4.77. The van der Waals surface area contributed by atoms with Crippen LogP contribution in [0.25, 0.3) is 0 Å². The molecule has 0 heterocycles. The third kappa shape index (κ3) is 59.8. The number of nitrogens with one attached hydrogen (secondary N) is 5. The molecule has 0 fully saturated rings. The van der Waals surface area contributed by atoms with Gasteiger partial charge in [-0.25, -0.2) is 4.79 Å². The van der Waals surface area contributed by atoms with E-state index in [1.807, 2.05) is 20.9 Å². The summed E-state index contributed by atoms with van der Waals surface area (Å²) < 4.78 is 20.5. The van der Waals surface area contributed by atoms with E-state index in [-0.39, 0.29) is 82.3 Å². The molecule has 0 aliphatic carbocycles. The van der Waals surface area contributed by atoms with Crippen LogP contribution < -0.4 is 26.7 Å². The van der Waals surface area contributed by atoms with Crippen molar-refractivity contribution in [2.75, 3.05) is 79.5 Å². The molecule has 412 valence electrons. The number of carboxylic acids is 4. The van der Waals surface area contributed by atoms with Crippen molar-refractivity contribution in [1.82, 2.24) is 26.7 Å². The maximum Gasteiger partial charge on any atom is 0.326 e. The Morgan fingerprint density at radius 3 is 1.40 bits per heavy atom. The molecule has 0 radical (unpaired) electrons. The standard InChI is InChI=1S/C29H52N2O9.C13H27N3O6.C4H8O2.C2H6/c32-20-22-40-24-23-39-21-19-30-26(33)18-17-25(29(37)38)31-27(34)15-13-11-9-7-5-3-1-2-4-6-8-10-12-14-16-28(35)36;1-14-6-7-21-8-9-22-10-12(17)15-5-3-2-4-11(16-20)13(18)19;1-3(2)4(5)6;1-2/h20,25H,1-19,21-24H2,(H,30,33)(H,31,34)(H,35,36)(H,37,38);11,14,16,20H,2-10H2,1H3,(H,15,17)(H,18,19);3H,1-2H3,(H,5,6);1-2H3. The quantitative estimate of drug-likeness (QED) is 0.0224. The Balaban J connectivity index is -0.000000604. The fourth-order valence-corrected chi connectivity index (χ4v) is 5.74. The molecule has 0 aromatic carbocycles. The molecule has 0 spiro atoms. The van der Waals surface area contributed by atoms with Crippen LogP contribution in [0, 0.1) is 5.92 Å². The maximum atomic E-state index is 12.2. The number of aliphatic carboxylic acids is 4. The molecule has 0 bridgehead atoms. The predicted octanol–water partition coefficient (Wildman–Crippen LogP) is 4.72. The van der Waals surface area contributed by atoms with Crippen molar-refractivity contribution in [3.05, 3.63) is 0 Å². The minimum atomic E-state index is -1.16. The van der Waals surface area contributed by atoms with Gasteiger partial charge >= 0.3 is 23.9 Å². The molecular weight excluding hydrogens is 919 g/mol. The third-order valence-electron chi connectivity index (χ3n) is 9.76. The summed E-state index contributed by atoms with van der Waals surface area (Å²) in [4.78, 5) is 87.8. The van der Waals surface area contributed by atoms with E-state index in [4.69, 9.17) is 39.5 Å². The van der Waals surface area contributed by atoms with Crippen LogP contribution in [-0.2, 0) is 57.3 Å². The van der Waals surface area contributed by atoms with E-state index in [2.05, 4.69) is 21.3 Å². The van der Waals surface area contributed by atoms with Crippen molar-refractivity contribution < 1.29 is 82.9 Å². The molecule has 0 rings (SSSR count). The van der Waals surface area contributed by atoms with Gasteiger partial charge in [-0.1, -0.05) is 105 Å². The molecule has 3 amide bonds. The highest BCUT2D eigenvalue weighted by Crippen LogP contribution is 2.14. The monoisotopic (exact) mass is 1010 g/mol. The summed E-state index contributed by atoms with van der Waals surface area (Å²) in [7, 11) is 1.84. The molecule has 0 saturated heterocycles. The Bertz CT molecular complexity index is 1300. The molecule has 10 N–H and O–H groups in total. The number of ether oxygens (including phenoxy) is 4. The van der Waals surface area contributed by atoms with Crippen LogP contribution in [0.2, 0.25) is 0 Å². The summed E-state index contributed by atoms with van der Waals surface area (Å²) in [5, 5.41) is 54.0. The zero-order valence-electron chi connectivity index (χ0n) is 43.1. The van der Waals surface area contributed by atoms with E-state index in [0.29, 0.717) is 64.9 Å². The average Bonchev–Trinajstić information content (AvgIpc) is 3.32. The topological polar surface area (TPSA) is 335 Å².